The minimum absolute atomic E-state index is 0.00369. The number of aliphatic imine (C=N–C) groups is 1. The van der Waals surface area contributed by atoms with Crippen LogP contribution in [-0.4, -0.2) is 330 Å². The van der Waals surface area contributed by atoms with Crippen molar-refractivity contribution in [1.29, 1.82) is 0 Å². The molecule has 11 atom stereocenters. The first-order chi connectivity index (χ1) is 64.1. The van der Waals surface area contributed by atoms with Gasteiger partial charge in [0, 0.05) is 121 Å². The molecule has 52 nitrogen and oxygen atoms in total. The fourth-order valence-corrected chi connectivity index (χ4v) is 14.8. The number of aryl methyl sites for hydroxylation is 1. The topological polar surface area (TPSA) is 763 Å². The van der Waals surface area contributed by atoms with Gasteiger partial charge in [-0.15, -0.1) is 0 Å². The maximum absolute atomic E-state index is 15.5. The number of halogens is 1. The molecule has 15 amide bonds. The minimum Gasteiger partial charge on any atom is -0.504 e. The van der Waals surface area contributed by atoms with Gasteiger partial charge in [0.15, 0.2) is 23.5 Å². The smallest absolute Gasteiger partial charge is 0.412 e. The standard InChI is InChI=1S/C82H112FN23O29/c1-42(111)65-76(126)89-19-6-5-10-51(71(121)93-50(12-8-24-104(132)39-109)72(122)98-66(43(2)112)77(127)99-65)97-79(130)82(3,18-9-25-105(133)40-110)100-74(124)55(38-108)95-70(120)49(11-7-20-90-80(84)85)94-73(123)54(37-107)96-75(125)56-17-21-88-69-53(32-45-33-59(113)60(114)35-57(45)106(56)69)91-63(117)14-13-61(115)86-22-23-87-62(116)15-16-64(118)134-41-135-81(131)103-28-26-102(27-29-103)58-34-52-44(31-48(58)83)30-46-67(119)47(78(128)129)36-101(4)68(46)92-52/h30-36,39-40,42-43,49-51,54-56,65-66,107-108,111-112,132-133H,5-29,37-38,41H2,1-4H3,(H19,84,85,86,87,88,89,90,91,93,94,95,96,97,98,99,100,113,114,115,116,117,120,121,122,123,124,125,126,127,128,129,130)/p+1/t42-,43-,49-,50-,51-,54+,55+,56-,65+,66-,82-/m0/s1. The monoisotopic (exact) mass is 1900 g/mol. The number of fused-ring (bicyclic) bond motifs is 5. The van der Waals surface area contributed by atoms with Crippen molar-refractivity contribution >= 4 is 158 Å². The Morgan fingerprint density at radius 2 is 1.32 bits per heavy atom. The largest absolute Gasteiger partial charge is 0.504 e. The van der Waals surface area contributed by atoms with E-state index in [2.05, 4.69) is 79.1 Å². The van der Waals surface area contributed by atoms with Crippen LogP contribution in [0.2, 0.25) is 0 Å². The summed E-state index contributed by atoms with van der Waals surface area (Å²) in [5, 5.41) is 127. The Kier molecular flexibility index (Phi) is 39.0. The number of aliphatic hydroxyl groups is 4. The van der Waals surface area contributed by atoms with Crippen molar-refractivity contribution in [2.45, 2.75) is 177 Å². The molecule has 2 saturated heterocycles. The van der Waals surface area contributed by atoms with Crippen molar-refractivity contribution in [3.05, 3.63) is 64.2 Å². The van der Waals surface area contributed by atoms with Gasteiger partial charge >= 0.3 is 18.0 Å². The van der Waals surface area contributed by atoms with Gasteiger partial charge in [-0.2, -0.15) is 0 Å². The molecule has 3 aliphatic rings. The van der Waals surface area contributed by atoms with Gasteiger partial charge in [0.05, 0.1) is 55.0 Å². The molecule has 8 rings (SSSR count). The first kappa shape index (κ1) is 106. The molecule has 53 heteroatoms. The molecule has 736 valence electrons. The van der Waals surface area contributed by atoms with Crippen molar-refractivity contribution in [3.63, 3.8) is 0 Å². The lowest BCUT2D eigenvalue weighted by atomic mass is 9.92. The van der Waals surface area contributed by atoms with E-state index < -0.39 is 242 Å². The number of anilines is 3. The highest BCUT2D eigenvalue weighted by Gasteiger charge is 2.43. The van der Waals surface area contributed by atoms with Crippen molar-refractivity contribution in [1.82, 2.24) is 83.1 Å². The number of carboxylic acids is 1. The summed E-state index contributed by atoms with van der Waals surface area (Å²) in [7, 11) is 1.52. The number of aromatic carboxylic acids is 1. The average Bonchev–Trinajstić information content (AvgIpc) is 0.759. The third-order valence-electron chi connectivity index (χ3n) is 22.1. The first-order valence-electron chi connectivity index (χ1n) is 43.0. The van der Waals surface area contributed by atoms with Crippen LogP contribution in [0.25, 0.3) is 32.8 Å². The number of hydroxylamine groups is 4. The lowest BCUT2D eigenvalue weighted by Crippen LogP contribution is -2.65. The van der Waals surface area contributed by atoms with E-state index in [1.807, 2.05) is 0 Å². The van der Waals surface area contributed by atoms with E-state index in [9.17, 15) is 132 Å². The highest BCUT2D eigenvalue weighted by atomic mass is 19.1. The van der Waals surface area contributed by atoms with Gasteiger partial charge in [0.1, 0.15) is 76.1 Å². The number of esters is 1. The number of aliphatic hydroxyl groups excluding tert-OH is 4. The lowest BCUT2D eigenvalue weighted by molar-refractivity contribution is -0.674. The Hall–Kier alpha value is -14.6. The van der Waals surface area contributed by atoms with Gasteiger partial charge in [-0.3, -0.25) is 97.4 Å². The average molecular weight is 1900 g/mol. The molecule has 2 fully saturated rings. The molecule has 3 aliphatic heterocycles. The van der Waals surface area contributed by atoms with Crippen LogP contribution in [0, 0.1) is 5.82 Å². The second-order valence-corrected chi connectivity index (χ2v) is 32.2. The minimum atomic E-state index is -2.26. The SMILES string of the molecule is C[C@H](O)[C@@H]1NC(=O)[C@H](CCCN(O)C=O)NC(=O)[C@@H](NC(=O)[C@](C)(CCCN(O)C=O)NC(=O)[C@@H](CO)NC(=O)[C@H](CCCN=C(N)N)NC(=O)[C@@H](CO)NC(=O)[C@@H]2CCNc3c(NC(=O)CCC(=O)NCCNC(=O)CCC(=O)OCOC(=O)N4CCN(c5cc6nc7c(cc6cc5F)c(=O)c(C(=O)O)cn7C)CC4)cc4cc(O)c(O)cc4[n+]32)CCCCNC(=O)[C@@H]([C@H](C)O)NC1=O. The van der Waals surface area contributed by atoms with Crippen LogP contribution in [0.3, 0.4) is 0 Å². The number of aromatic nitrogens is 3. The number of ether oxygens (including phenoxy) is 2. The van der Waals surface area contributed by atoms with E-state index in [1.165, 1.54) is 52.3 Å². The van der Waals surface area contributed by atoms with Crippen LogP contribution >= 0.6 is 0 Å². The van der Waals surface area contributed by atoms with Gasteiger partial charge < -0.3 is 135 Å². The summed E-state index contributed by atoms with van der Waals surface area (Å²) in [6.07, 6.45) is -6.66. The van der Waals surface area contributed by atoms with Gasteiger partial charge in [-0.25, -0.2) is 33.7 Å². The number of rotatable bonds is 42. The number of nitrogens with zero attached hydrogens (tertiary/aromatic N) is 8. The number of aromatic hydroxyl groups is 2. The number of hydrogen-bond donors (Lipinski definition) is 24. The number of carbonyl (C=O) groups is 17. The van der Waals surface area contributed by atoms with Gasteiger partial charge in [0.2, 0.25) is 90.0 Å². The Bertz CT molecular complexity index is 5330. The molecule has 3 aromatic heterocycles. The number of carboxylic acid groups (broad SMARTS) is 1. The summed E-state index contributed by atoms with van der Waals surface area (Å²) in [5.74, 6) is -16.8. The maximum Gasteiger partial charge on any atom is 0.412 e. The van der Waals surface area contributed by atoms with E-state index in [0.717, 1.165) is 32.2 Å². The Balaban J connectivity index is 0.851. The molecule has 6 heterocycles. The van der Waals surface area contributed by atoms with Crippen molar-refractivity contribution in [2.24, 2.45) is 23.5 Å². The highest BCUT2D eigenvalue weighted by Crippen LogP contribution is 2.36. The van der Waals surface area contributed by atoms with E-state index in [1.54, 1.807) is 4.90 Å². The van der Waals surface area contributed by atoms with Gasteiger partial charge in [-0.05, 0) is 109 Å². The summed E-state index contributed by atoms with van der Waals surface area (Å²) in [5.41, 5.74) is 8.31. The Morgan fingerprint density at radius 3 is 1.96 bits per heavy atom. The number of benzene rings is 2. The number of carbonyl (C=O) groups excluding carboxylic acids is 16. The molecule has 0 bridgehead atoms. The number of nitrogens with two attached hydrogens (primary N) is 2. The number of amides is 15. The summed E-state index contributed by atoms with van der Waals surface area (Å²) >= 11 is 0. The maximum atomic E-state index is 15.5. The number of phenols is 2. The van der Waals surface area contributed by atoms with Crippen molar-refractivity contribution < 1.29 is 146 Å². The highest BCUT2D eigenvalue weighted by molar-refractivity contribution is 6.02. The summed E-state index contributed by atoms with van der Waals surface area (Å²) in [4.78, 5) is 252. The molecule has 2 aromatic carbocycles. The molecular formula is C82H113FN23O29+. The quantitative estimate of drug-likeness (QED) is 0.00148. The van der Waals surface area contributed by atoms with Crippen LogP contribution < -0.4 is 95.5 Å². The summed E-state index contributed by atoms with van der Waals surface area (Å²) in [6, 6.07) is -6.23. The third-order valence-corrected chi connectivity index (χ3v) is 22.1. The van der Waals surface area contributed by atoms with Crippen LogP contribution in [-0.2, 0) is 88.4 Å². The van der Waals surface area contributed by atoms with E-state index in [0.29, 0.717) is 5.52 Å². The zero-order chi connectivity index (χ0) is 99.2. The fourth-order valence-electron chi connectivity index (χ4n) is 14.8. The van der Waals surface area contributed by atoms with Crippen LogP contribution in [0.1, 0.15) is 127 Å². The van der Waals surface area contributed by atoms with Crippen LogP contribution in [0.5, 0.6) is 11.5 Å². The molecule has 0 unspecified atom stereocenters. The van der Waals surface area contributed by atoms with E-state index >= 15 is 4.39 Å². The second-order valence-electron chi connectivity index (χ2n) is 32.2. The predicted octanol–water partition coefficient (Wildman–Crippen LogP) is -7.05. The van der Waals surface area contributed by atoms with E-state index in [4.69, 9.17) is 20.9 Å². The summed E-state index contributed by atoms with van der Waals surface area (Å²) < 4.78 is 28.3. The zero-order valence-electron chi connectivity index (χ0n) is 74.1. The molecule has 0 saturated carbocycles. The third kappa shape index (κ3) is 29.7. The number of nitrogens with one attached hydrogen (secondary N) is 13. The second kappa shape index (κ2) is 49.8. The molecule has 5 aromatic rings. The number of pyridine rings is 3. The Labute approximate surface area is 767 Å². The molecule has 0 spiro atoms. The predicted molar refractivity (Wildman–Crippen MR) is 467 cm³/mol. The number of guanidine groups is 1. The molecule has 26 N–H and O–H groups in total. The van der Waals surface area contributed by atoms with Crippen LogP contribution in [0.15, 0.2) is 52.4 Å². The number of phenolic OH excluding ortho intramolecular Hbond substituents is 2. The van der Waals surface area contributed by atoms with Gasteiger partial charge in [-0.1, -0.05) is 0 Å². The number of piperazine rings is 1. The molecule has 0 aliphatic carbocycles. The zero-order valence-corrected chi connectivity index (χ0v) is 74.1. The molecule has 0 radical (unpaired) electrons. The van der Waals surface area contributed by atoms with Crippen molar-refractivity contribution in [2.75, 3.05) is 108 Å². The van der Waals surface area contributed by atoms with Crippen molar-refractivity contribution in [3.8, 4) is 11.5 Å². The summed E-state index contributed by atoms with van der Waals surface area (Å²) in [6.45, 7) is -0.762. The number of hydrogen-bond acceptors (Lipinski definition) is 32. The fraction of sp³-hybridized carbons (Fsp3) is 0.524. The molecular weight excluding hydrogens is 1790 g/mol. The first-order valence-corrected chi connectivity index (χ1v) is 43.0. The normalized spacial score (nSPS) is 18.1. The lowest BCUT2D eigenvalue weighted by Gasteiger charge is -2.35. The molecule has 135 heavy (non-hydrogen) atoms. The Morgan fingerprint density at radius 1 is 0.704 bits per heavy atom. The van der Waals surface area contributed by atoms with E-state index in [-0.39, 0.29) is 197 Å². The van der Waals surface area contributed by atoms with Crippen LogP contribution in [0.4, 0.5) is 26.4 Å². The van der Waals surface area contributed by atoms with Gasteiger partial charge in [0.25, 0.3) is 11.7 Å².